The van der Waals surface area contributed by atoms with Gasteiger partial charge >= 0.3 is 0 Å². The van der Waals surface area contributed by atoms with Crippen molar-refractivity contribution in [3.8, 4) is 0 Å². The van der Waals surface area contributed by atoms with Gasteiger partial charge in [-0.1, -0.05) is 19.8 Å². The van der Waals surface area contributed by atoms with Crippen LogP contribution >= 0.6 is 0 Å². The van der Waals surface area contributed by atoms with E-state index in [2.05, 4.69) is 21.0 Å². The minimum atomic E-state index is 0.806. The van der Waals surface area contributed by atoms with E-state index in [1.165, 1.54) is 32.2 Å². The molecule has 0 heterocycles. The summed E-state index contributed by atoms with van der Waals surface area (Å²) in [6.45, 7) is 5.43. The van der Waals surface area contributed by atoms with Crippen LogP contribution in [0.2, 0.25) is 0 Å². The van der Waals surface area contributed by atoms with E-state index in [9.17, 15) is 0 Å². The van der Waals surface area contributed by atoms with Crippen molar-refractivity contribution in [2.75, 3.05) is 33.7 Å². The number of nitrogens with zero attached hydrogens (tertiary/aromatic N) is 1. The Balaban J connectivity index is 3.33. The zero-order valence-corrected chi connectivity index (χ0v) is 8.97. The third kappa shape index (κ3) is 6.62. The van der Waals surface area contributed by atoms with E-state index in [0.29, 0.717) is 0 Å². The smallest absolute Gasteiger partial charge is 0.0907 e. The molecule has 0 aromatic rings. The van der Waals surface area contributed by atoms with Crippen molar-refractivity contribution in [1.29, 1.82) is 0 Å². The first-order valence-electron chi connectivity index (χ1n) is 5.14. The number of nitrogens with two attached hydrogens (primary N) is 1. The number of hydrogen-bond acceptors (Lipinski definition) is 1. The molecule has 12 heavy (non-hydrogen) atoms. The van der Waals surface area contributed by atoms with Crippen LogP contribution in [0.1, 0.15) is 32.6 Å². The van der Waals surface area contributed by atoms with Gasteiger partial charge in [-0.25, -0.2) is 0 Å². The molecule has 0 aliphatic rings. The minimum absolute atomic E-state index is 0.806. The highest BCUT2D eigenvalue weighted by Gasteiger charge is 2.11. The van der Waals surface area contributed by atoms with Gasteiger partial charge < -0.3 is 10.2 Å². The lowest BCUT2D eigenvalue weighted by molar-refractivity contribution is -0.889. The van der Waals surface area contributed by atoms with E-state index < -0.39 is 0 Å². The van der Waals surface area contributed by atoms with Crippen molar-refractivity contribution in [2.45, 2.75) is 32.6 Å². The van der Waals surface area contributed by atoms with Crippen LogP contribution in [0, 0.1) is 0 Å². The number of likely N-dealkylation sites (N-methyl/N-ethyl adjacent to an activating group) is 1. The number of rotatable bonds is 7. The van der Waals surface area contributed by atoms with E-state index in [1.54, 1.807) is 0 Å². The molecule has 0 unspecified atom stereocenters. The van der Waals surface area contributed by atoms with Crippen molar-refractivity contribution >= 4 is 0 Å². The van der Waals surface area contributed by atoms with Crippen molar-refractivity contribution in [3.05, 3.63) is 0 Å². The van der Waals surface area contributed by atoms with E-state index in [0.717, 1.165) is 17.6 Å². The van der Waals surface area contributed by atoms with E-state index >= 15 is 0 Å². The molecule has 0 spiro atoms. The van der Waals surface area contributed by atoms with Gasteiger partial charge in [0.2, 0.25) is 0 Å². The molecule has 2 N–H and O–H groups in total. The van der Waals surface area contributed by atoms with E-state index in [1.807, 2.05) is 0 Å². The summed E-state index contributed by atoms with van der Waals surface area (Å²) in [5, 5.41) is 0. The molecule has 0 aliphatic heterocycles. The summed E-state index contributed by atoms with van der Waals surface area (Å²) in [7, 11) is 4.53. The summed E-state index contributed by atoms with van der Waals surface area (Å²) in [4.78, 5) is 0. The van der Waals surface area contributed by atoms with Crippen LogP contribution in [-0.4, -0.2) is 38.2 Å². The second-order valence-electron chi connectivity index (χ2n) is 4.23. The summed E-state index contributed by atoms with van der Waals surface area (Å²) in [5.41, 5.74) is 5.53. The lowest BCUT2D eigenvalue weighted by atomic mass is 10.2. The lowest BCUT2D eigenvalue weighted by Crippen LogP contribution is -2.44. The topological polar surface area (TPSA) is 26.0 Å². The number of hydrogen-bond donors (Lipinski definition) is 1. The van der Waals surface area contributed by atoms with Crippen LogP contribution in [0.5, 0.6) is 0 Å². The molecule has 0 saturated carbocycles. The van der Waals surface area contributed by atoms with Gasteiger partial charge in [0.15, 0.2) is 0 Å². The normalized spacial score (nSPS) is 12.0. The molecule has 0 radical (unpaired) electrons. The van der Waals surface area contributed by atoms with E-state index in [4.69, 9.17) is 5.73 Å². The Labute approximate surface area is 77.3 Å². The number of quaternary nitrogens is 1. The monoisotopic (exact) mass is 173 g/mol. The number of unbranched alkanes of at least 4 members (excludes halogenated alkanes) is 3. The predicted molar refractivity (Wildman–Crippen MR) is 55.0 cm³/mol. The summed E-state index contributed by atoms with van der Waals surface area (Å²) in [6.07, 6.45) is 5.43. The molecular formula is C10H25N2+. The fourth-order valence-electron chi connectivity index (χ4n) is 1.43. The molecule has 74 valence electrons. The highest BCUT2D eigenvalue weighted by molar-refractivity contribution is 4.41. The molecule has 0 amide bonds. The predicted octanol–water partition coefficient (Wildman–Crippen LogP) is 1.60. The second-order valence-corrected chi connectivity index (χ2v) is 4.23. The maximum Gasteiger partial charge on any atom is 0.0907 e. The molecule has 0 fully saturated rings. The van der Waals surface area contributed by atoms with Crippen LogP contribution < -0.4 is 5.73 Å². The van der Waals surface area contributed by atoms with Gasteiger partial charge in [-0.15, -0.1) is 0 Å². The molecule has 2 heteroatoms. The fraction of sp³-hybridized carbons (Fsp3) is 1.00. The molecule has 0 atom stereocenters. The molecule has 0 rings (SSSR count). The Morgan fingerprint density at radius 1 is 1.00 bits per heavy atom. The molecule has 0 aromatic carbocycles. The fourth-order valence-corrected chi connectivity index (χ4v) is 1.43. The lowest BCUT2D eigenvalue weighted by Gasteiger charge is -2.29. The van der Waals surface area contributed by atoms with Crippen molar-refractivity contribution in [3.63, 3.8) is 0 Å². The largest absolute Gasteiger partial charge is 0.327 e. The van der Waals surface area contributed by atoms with Gasteiger partial charge in [0.1, 0.15) is 0 Å². The summed E-state index contributed by atoms with van der Waals surface area (Å²) in [5.74, 6) is 0. The van der Waals surface area contributed by atoms with Crippen LogP contribution in [0.25, 0.3) is 0 Å². The summed E-state index contributed by atoms with van der Waals surface area (Å²) in [6, 6.07) is 0. The maximum absolute atomic E-state index is 5.53. The van der Waals surface area contributed by atoms with Crippen LogP contribution in [0.15, 0.2) is 0 Å². The Morgan fingerprint density at radius 3 is 2.17 bits per heavy atom. The molecule has 2 nitrogen and oxygen atoms in total. The molecular weight excluding hydrogens is 148 g/mol. The zero-order valence-electron chi connectivity index (χ0n) is 8.97. The molecule has 0 aromatic heterocycles. The first kappa shape index (κ1) is 11.9. The molecule has 0 saturated heterocycles. The minimum Gasteiger partial charge on any atom is -0.327 e. The second kappa shape index (κ2) is 6.44. The Morgan fingerprint density at radius 2 is 1.67 bits per heavy atom. The van der Waals surface area contributed by atoms with Crippen LogP contribution in [0.4, 0.5) is 0 Å². The third-order valence-electron chi connectivity index (χ3n) is 2.35. The highest BCUT2D eigenvalue weighted by atomic mass is 15.3. The van der Waals surface area contributed by atoms with Crippen molar-refractivity contribution < 1.29 is 4.48 Å². The average molecular weight is 173 g/mol. The Kier molecular flexibility index (Phi) is 6.39. The third-order valence-corrected chi connectivity index (χ3v) is 2.35. The highest BCUT2D eigenvalue weighted by Crippen LogP contribution is 2.04. The van der Waals surface area contributed by atoms with Crippen molar-refractivity contribution in [1.82, 2.24) is 0 Å². The maximum atomic E-state index is 5.53. The standard InChI is InChI=1S/C10H25N2/c1-4-5-6-7-9-12(2,3)10-8-11/h4-11H2,1-3H3/q+1. The van der Waals surface area contributed by atoms with Crippen LogP contribution in [0.3, 0.4) is 0 Å². The first-order chi connectivity index (χ1) is 5.62. The SMILES string of the molecule is CCCCCC[N+](C)(C)CCN. The molecule has 0 aliphatic carbocycles. The van der Waals surface area contributed by atoms with Crippen molar-refractivity contribution in [2.24, 2.45) is 5.73 Å². The first-order valence-corrected chi connectivity index (χ1v) is 5.14. The average Bonchev–Trinajstić information content (AvgIpc) is 1.98. The molecule has 0 bridgehead atoms. The van der Waals surface area contributed by atoms with Gasteiger partial charge in [0.05, 0.1) is 27.2 Å². The van der Waals surface area contributed by atoms with Gasteiger partial charge in [0.25, 0.3) is 0 Å². The van der Waals surface area contributed by atoms with Gasteiger partial charge in [-0.05, 0) is 12.8 Å². The van der Waals surface area contributed by atoms with Crippen LogP contribution in [-0.2, 0) is 0 Å². The van der Waals surface area contributed by atoms with E-state index in [-0.39, 0.29) is 0 Å². The van der Waals surface area contributed by atoms with Gasteiger partial charge in [0, 0.05) is 6.54 Å². The summed E-state index contributed by atoms with van der Waals surface area (Å²) < 4.78 is 1.08. The zero-order chi connectivity index (χ0) is 9.45. The van der Waals surface area contributed by atoms with Gasteiger partial charge in [-0.2, -0.15) is 0 Å². The summed E-state index contributed by atoms with van der Waals surface area (Å²) >= 11 is 0. The Hall–Kier alpha value is -0.0800. The quantitative estimate of drug-likeness (QED) is 0.459. The Bertz CT molecular complexity index is 100. The van der Waals surface area contributed by atoms with Gasteiger partial charge in [-0.3, -0.25) is 0 Å².